The van der Waals surface area contributed by atoms with Gasteiger partial charge in [-0.3, -0.25) is 18.6 Å². The smallest absolute Gasteiger partial charge is 0.462 e. The fourth-order valence-corrected chi connectivity index (χ4v) is 10.5. The van der Waals surface area contributed by atoms with Gasteiger partial charge in [0.25, 0.3) is 0 Å². The average Bonchev–Trinajstić information content (AvgIpc) is 3.46. The Morgan fingerprint density at radius 1 is 0.383 bits per heavy atom. The molecule has 0 amide bonds. The summed E-state index contributed by atoms with van der Waals surface area (Å²) in [6.07, 6.45) is 88.1. The zero-order chi connectivity index (χ0) is 58.7. The molecule has 0 aromatic rings. The predicted octanol–water partition coefficient (Wildman–Crippen LogP) is 22.2. The number of esters is 2. The summed E-state index contributed by atoms with van der Waals surface area (Å²) in [6, 6.07) is 0. The SMILES string of the molecule is CC/C=C\C/C=C\C/C=C\C/C=C\C/C=C\CCCCCCCCCCCCCC(=O)OC(COC(=O)CCCCCCCCCCCCCCCCCCCCCCC/C=C\C/C=C\CCCCCCC)COP(=O)(O)OCCN. The van der Waals surface area contributed by atoms with Gasteiger partial charge < -0.3 is 20.1 Å². The average molecular weight is 1150 g/mol. The number of unbranched alkanes of at least 4 members (excludes halogenated alkanes) is 37. The van der Waals surface area contributed by atoms with Gasteiger partial charge >= 0.3 is 19.8 Å². The van der Waals surface area contributed by atoms with Crippen molar-refractivity contribution < 1.29 is 37.6 Å². The molecule has 10 heteroatoms. The molecule has 0 aromatic heterocycles. The summed E-state index contributed by atoms with van der Waals surface area (Å²) < 4.78 is 33.2. The zero-order valence-electron chi connectivity index (χ0n) is 52.8. The van der Waals surface area contributed by atoms with Crippen molar-refractivity contribution in [3.05, 3.63) is 85.1 Å². The van der Waals surface area contributed by atoms with Crippen molar-refractivity contribution >= 4 is 19.8 Å². The molecule has 0 aliphatic rings. The van der Waals surface area contributed by atoms with Gasteiger partial charge in [0, 0.05) is 19.4 Å². The molecule has 9 nitrogen and oxygen atoms in total. The molecule has 0 heterocycles. The van der Waals surface area contributed by atoms with Crippen LogP contribution in [-0.4, -0.2) is 49.3 Å². The normalized spacial score (nSPS) is 13.5. The van der Waals surface area contributed by atoms with Crippen molar-refractivity contribution in [3.8, 4) is 0 Å². The lowest BCUT2D eigenvalue weighted by atomic mass is 10.0. The van der Waals surface area contributed by atoms with Gasteiger partial charge in [0.05, 0.1) is 13.2 Å². The molecule has 0 spiro atoms. The molecule has 0 radical (unpaired) electrons. The van der Waals surface area contributed by atoms with Gasteiger partial charge in [-0.2, -0.15) is 0 Å². The van der Waals surface area contributed by atoms with E-state index in [0.29, 0.717) is 6.42 Å². The van der Waals surface area contributed by atoms with E-state index in [1.165, 1.54) is 205 Å². The Balaban J connectivity index is 3.87. The van der Waals surface area contributed by atoms with Gasteiger partial charge in [0.15, 0.2) is 6.10 Å². The van der Waals surface area contributed by atoms with E-state index in [1.54, 1.807) is 0 Å². The Bertz CT molecular complexity index is 1600. The minimum atomic E-state index is -4.40. The van der Waals surface area contributed by atoms with E-state index in [0.717, 1.165) is 83.5 Å². The van der Waals surface area contributed by atoms with Crippen LogP contribution >= 0.6 is 7.82 Å². The van der Waals surface area contributed by atoms with Crippen molar-refractivity contribution in [2.24, 2.45) is 5.73 Å². The molecular weight excluding hydrogens is 1030 g/mol. The summed E-state index contributed by atoms with van der Waals surface area (Å²) in [5, 5.41) is 0. The number of carbonyl (C=O) groups is 2. The van der Waals surface area contributed by atoms with Crippen molar-refractivity contribution in [1.29, 1.82) is 0 Å². The van der Waals surface area contributed by atoms with Crippen LogP contribution in [0.1, 0.15) is 322 Å². The van der Waals surface area contributed by atoms with E-state index in [1.807, 2.05) is 0 Å². The van der Waals surface area contributed by atoms with Gasteiger partial charge in [-0.1, -0.05) is 304 Å². The number of hydrogen-bond acceptors (Lipinski definition) is 8. The first-order valence-electron chi connectivity index (χ1n) is 34.1. The van der Waals surface area contributed by atoms with Crippen LogP contribution in [0.3, 0.4) is 0 Å². The molecule has 470 valence electrons. The van der Waals surface area contributed by atoms with E-state index < -0.39 is 26.5 Å². The van der Waals surface area contributed by atoms with Crippen LogP contribution < -0.4 is 5.73 Å². The fourth-order valence-electron chi connectivity index (χ4n) is 9.76. The maximum Gasteiger partial charge on any atom is 0.472 e. The molecule has 0 aliphatic heterocycles. The van der Waals surface area contributed by atoms with E-state index in [2.05, 4.69) is 98.9 Å². The van der Waals surface area contributed by atoms with Crippen molar-refractivity contribution in [2.45, 2.75) is 328 Å². The third-order valence-electron chi connectivity index (χ3n) is 14.8. The summed E-state index contributed by atoms with van der Waals surface area (Å²) in [4.78, 5) is 35.3. The molecule has 2 unspecified atom stereocenters. The highest BCUT2D eigenvalue weighted by molar-refractivity contribution is 7.47. The lowest BCUT2D eigenvalue weighted by Gasteiger charge is -2.19. The molecule has 0 aliphatic carbocycles. The number of carbonyl (C=O) groups excluding carboxylic acids is 2. The second-order valence-corrected chi connectivity index (χ2v) is 24.1. The van der Waals surface area contributed by atoms with Crippen LogP contribution in [0.15, 0.2) is 85.1 Å². The minimum absolute atomic E-state index is 0.0512. The highest BCUT2D eigenvalue weighted by atomic mass is 31.2. The maximum atomic E-state index is 12.8. The van der Waals surface area contributed by atoms with Crippen molar-refractivity contribution in [3.63, 3.8) is 0 Å². The Morgan fingerprint density at radius 2 is 0.679 bits per heavy atom. The second-order valence-electron chi connectivity index (χ2n) is 22.7. The molecule has 0 saturated carbocycles. The molecule has 2 atom stereocenters. The van der Waals surface area contributed by atoms with Gasteiger partial charge in [-0.15, -0.1) is 0 Å². The Kier molecular flexibility index (Phi) is 64.0. The summed E-state index contributed by atoms with van der Waals surface area (Å²) in [5.74, 6) is -0.821. The summed E-state index contributed by atoms with van der Waals surface area (Å²) >= 11 is 0. The number of hydrogen-bond donors (Lipinski definition) is 2. The molecule has 0 bridgehead atoms. The molecule has 0 fully saturated rings. The van der Waals surface area contributed by atoms with Gasteiger partial charge in [0.1, 0.15) is 6.61 Å². The first kappa shape index (κ1) is 78.2. The number of ether oxygens (including phenoxy) is 2. The molecular formula is C71H128NO8P. The predicted molar refractivity (Wildman–Crippen MR) is 349 cm³/mol. The molecule has 0 aromatic carbocycles. The Morgan fingerprint density at radius 3 is 1.01 bits per heavy atom. The topological polar surface area (TPSA) is 134 Å². The van der Waals surface area contributed by atoms with E-state index in [-0.39, 0.29) is 38.6 Å². The molecule has 3 N–H and O–H groups in total. The fraction of sp³-hybridized carbons (Fsp3) is 0.775. The summed E-state index contributed by atoms with van der Waals surface area (Å²) in [7, 11) is -4.40. The molecule has 0 rings (SSSR count). The van der Waals surface area contributed by atoms with Crippen LogP contribution in [0.25, 0.3) is 0 Å². The van der Waals surface area contributed by atoms with Gasteiger partial charge in [-0.05, 0) is 89.9 Å². The van der Waals surface area contributed by atoms with Crippen molar-refractivity contribution in [1.82, 2.24) is 0 Å². The highest BCUT2D eigenvalue weighted by Crippen LogP contribution is 2.43. The van der Waals surface area contributed by atoms with Gasteiger partial charge in [-0.25, -0.2) is 4.57 Å². The highest BCUT2D eigenvalue weighted by Gasteiger charge is 2.26. The Labute approximate surface area is 500 Å². The largest absolute Gasteiger partial charge is 0.472 e. The first-order chi connectivity index (χ1) is 39.8. The third kappa shape index (κ3) is 66.2. The van der Waals surface area contributed by atoms with Crippen LogP contribution in [0, 0.1) is 0 Å². The van der Waals surface area contributed by atoms with Crippen LogP contribution in [-0.2, 0) is 32.7 Å². The number of phosphoric acid groups is 1. The van der Waals surface area contributed by atoms with Crippen LogP contribution in [0.4, 0.5) is 0 Å². The molecule has 0 saturated heterocycles. The quantitative estimate of drug-likeness (QED) is 0.0264. The van der Waals surface area contributed by atoms with E-state index >= 15 is 0 Å². The van der Waals surface area contributed by atoms with E-state index in [4.69, 9.17) is 24.3 Å². The minimum Gasteiger partial charge on any atom is -0.462 e. The van der Waals surface area contributed by atoms with Crippen LogP contribution in [0.5, 0.6) is 0 Å². The summed E-state index contributed by atoms with van der Waals surface area (Å²) in [5.41, 5.74) is 5.40. The maximum absolute atomic E-state index is 12.8. The zero-order valence-corrected chi connectivity index (χ0v) is 53.7. The summed E-state index contributed by atoms with van der Waals surface area (Å²) in [6.45, 7) is 3.66. The number of allylic oxidation sites excluding steroid dienone is 14. The molecule has 81 heavy (non-hydrogen) atoms. The second kappa shape index (κ2) is 66.3. The number of phosphoric ester groups is 1. The lowest BCUT2D eigenvalue weighted by molar-refractivity contribution is -0.161. The van der Waals surface area contributed by atoms with E-state index in [9.17, 15) is 19.0 Å². The van der Waals surface area contributed by atoms with Gasteiger partial charge in [0.2, 0.25) is 0 Å². The number of nitrogens with two attached hydrogens (primary N) is 1. The van der Waals surface area contributed by atoms with Crippen molar-refractivity contribution in [2.75, 3.05) is 26.4 Å². The number of rotatable bonds is 64. The first-order valence-corrected chi connectivity index (χ1v) is 35.6. The third-order valence-corrected chi connectivity index (χ3v) is 15.7. The standard InChI is InChI=1S/C71H128NO8P/c1-3-5-7-9-11-13-15-17-19-21-23-25-27-29-31-32-33-34-35-36-38-39-41-43-45-47-49-51-53-55-57-59-61-63-70(73)77-67-69(68-79-81(75,76)78-66-65-72)80-71(74)64-62-60-58-56-54-52-50-48-46-44-42-40-37-30-28-26-24-22-20-18-16-14-12-10-8-6-4-2/h6,8,12,14-15,17-18,20-21,23-24,26,30,37,69H,3-5,7,9-11,13,16,19,22,25,27-29,31-36,38-68,72H2,1-2H3,(H,75,76)/b8-6-,14-12-,17-15-,20-18-,23-21-,26-24-,37-30-. The Hall–Kier alpha value is -2.81. The lowest BCUT2D eigenvalue weighted by Crippen LogP contribution is -2.29. The van der Waals surface area contributed by atoms with Crippen LogP contribution in [0.2, 0.25) is 0 Å². The monoisotopic (exact) mass is 1150 g/mol.